The Labute approximate surface area is 143 Å². The van der Waals surface area contributed by atoms with Gasteiger partial charge < -0.3 is 13.9 Å². The van der Waals surface area contributed by atoms with Crippen molar-refractivity contribution >= 4 is 5.97 Å². The van der Waals surface area contributed by atoms with Crippen LogP contribution in [0.4, 0.5) is 0 Å². The van der Waals surface area contributed by atoms with Crippen LogP contribution in [-0.2, 0) is 20.7 Å². The van der Waals surface area contributed by atoms with Gasteiger partial charge >= 0.3 is 5.97 Å². The quantitative estimate of drug-likeness (QED) is 0.462. The van der Waals surface area contributed by atoms with E-state index < -0.39 is 0 Å². The van der Waals surface area contributed by atoms with E-state index in [0.717, 1.165) is 36.1 Å². The second kappa shape index (κ2) is 4.98. The number of carbonyl (C=O) groups excluding carboxylic acids is 1. The maximum absolute atomic E-state index is 12.6. The highest BCUT2D eigenvalue weighted by molar-refractivity contribution is 5.88. The number of hydrogen-bond donors (Lipinski definition) is 0. The van der Waals surface area contributed by atoms with Crippen molar-refractivity contribution in [1.82, 2.24) is 0 Å². The fraction of sp³-hybridized carbons (Fsp3) is 0.650. The van der Waals surface area contributed by atoms with Gasteiger partial charge in [0.15, 0.2) is 0 Å². The van der Waals surface area contributed by atoms with E-state index in [9.17, 15) is 4.79 Å². The molecular weight excluding hydrogens is 304 g/mol. The van der Waals surface area contributed by atoms with Crippen molar-refractivity contribution in [3.63, 3.8) is 0 Å². The van der Waals surface area contributed by atoms with Gasteiger partial charge in [0, 0.05) is 23.0 Å². The standard InChI is InChI=1S/C20H26O4/c1-6-11(2)18(21)23-17-16-12(3)10-22-14(16)9-20-15(24-20)8-7-13(4)19(17,20)5/h6,10,13,15,17H,7-9H2,1-5H3/b11-6-/t13-,15-,17+,19-,20-/m0/s1. The fourth-order valence-electron chi connectivity index (χ4n) is 4.96. The molecule has 5 atom stereocenters. The van der Waals surface area contributed by atoms with Crippen molar-refractivity contribution in [2.24, 2.45) is 11.3 Å². The van der Waals surface area contributed by atoms with E-state index >= 15 is 0 Å². The normalized spacial score (nSPS) is 40.4. The lowest BCUT2D eigenvalue weighted by Crippen LogP contribution is -2.54. The molecule has 1 aromatic heterocycles. The highest BCUT2D eigenvalue weighted by Gasteiger charge is 2.75. The topological polar surface area (TPSA) is 52.0 Å². The van der Waals surface area contributed by atoms with Gasteiger partial charge in [-0.25, -0.2) is 4.79 Å². The zero-order valence-electron chi connectivity index (χ0n) is 15.1. The number of hydrogen-bond acceptors (Lipinski definition) is 4. The average molecular weight is 330 g/mol. The molecule has 3 aliphatic rings. The lowest BCUT2D eigenvalue weighted by Gasteiger charge is -2.50. The molecule has 2 heterocycles. The van der Waals surface area contributed by atoms with Gasteiger partial charge in [0.25, 0.3) is 0 Å². The highest BCUT2D eigenvalue weighted by Crippen LogP contribution is 2.69. The summed E-state index contributed by atoms with van der Waals surface area (Å²) in [7, 11) is 0. The van der Waals surface area contributed by atoms with Crippen LogP contribution in [0.5, 0.6) is 0 Å². The molecule has 24 heavy (non-hydrogen) atoms. The Hall–Kier alpha value is -1.55. The van der Waals surface area contributed by atoms with Crippen molar-refractivity contribution in [2.45, 2.75) is 71.7 Å². The van der Waals surface area contributed by atoms with Crippen LogP contribution < -0.4 is 0 Å². The molecule has 0 bridgehead atoms. The highest BCUT2D eigenvalue weighted by atomic mass is 16.6. The first-order chi connectivity index (χ1) is 11.3. The van der Waals surface area contributed by atoms with Crippen LogP contribution in [-0.4, -0.2) is 17.7 Å². The number of epoxide rings is 1. The third kappa shape index (κ3) is 1.81. The molecule has 2 fully saturated rings. The zero-order valence-corrected chi connectivity index (χ0v) is 15.1. The van der Waals surface area contributed by atoms with E-state index in [1.165, 1.54) is 0 Å². The van der Waals surface area contributed by atoms with E-state index in [2.05, 4.69) is 13.8 Å². The zero-order chi connectivity index (χ0) is 17.3. The average Bonchev–Trinajstić information content (AvgIpc) is 3.17. The molecule has 0 unspecified atom stereocenters. The summed E-state index contributed by atoms with van der Waals surface area (Å²) >= 11 is 0. The molecule has 130 valence electrons. The first-order valence-electron chi connectivity index (χ1n) is 8.93. The maximum atomic E-state index is 12.6. The predicted octanol–water partition coefficient (Wildman–Crippen LogP) is 4.27. The number of esters is 1. The molecule has 4 heteroatoms. The molecule has 2 aliphatic carbocycles. The van der Waals surface area contributed by atoms with Gasteiger partial charge in [0.1, 0.15) is 17.5 Å². The number of rotatable bonds is 2. The minimum atomic E-state index is -0.317. The molecular formula is C20H26O4. The fourth-order valence-corrected chi connectivity index (χ4v) is 4.96. The minimum absolute atomic E-state index is 0.221. The monoisotopic (exact) mass is 330 g/mol. The van der Waals surface area contributed by atoms with Crippen LogP contribution in [0.2, 0.25) is 0 Å². The summed E-state index contributed by atoms with van der Waals surface area (Å²) in [6, 6.07) is 0. The second-order valence-corrected chi connectivity index (χ2v) is 7.95. The van der Waals surface area contributed by atoms with E-state index in [1.807, 2.05) is 13.8 Å². The second-order valence-electron chi connectivity index (χ2n) is 7.95. The summed E-state index contributed by atoms with van der Waals surface area (Å²) in [4.78, 5) is 12.6. The van der Waals surface area contributed by atoms with Gasteiger partial charge in [-0.2, -0.15) is 0 Å². The number of aryl methyl sites for hydroxylation is 1. The van der Waals surface area contributed by atoms with Gasteiger partial charge in [0.05, 0.1) is 12.4 Å². The summed E-state index contributed by atoms with van der Waals surface area (Å²) in [6.45, 7) is 10.2. The number of ether oxygens (including phenoxy) is 2. The van der Waals surface area contributed by atoms with Crippen molar-refractivity contribution in [3.05, 3.63) is 34.8 Å². The third-order valence-electron chi connectivity index (χ3n) is 6.93. The Kier molecular flexibility index (Phi) is 3.31. The van der Waals surface area contributed by atoms with Crippen molar-refractivity contribution in [2.75, 3.05) is 0 Å². The van der Waals surface area contributed by atoms with E-state index in [4.69, 9.17) is 13.9 Å². The molecule has 0 amide bonds. The Bertz CT molecular complexity index is 730. The minimum Gasteiger partial charge on any atom is -0.469 e. The van der Waals surface area contributed by atoms with Crippen LogP contribution in [0, 0.1) is 18.3 Å². The van der Waals surface area contributed by atoms with Crippen molar-refractivity contribution < 1.29 is 18.7 Å². The van der Waals surface area contributed by atoms with Crippen molar-refractivity contribution in [1.29, 1.82) is 0 Å². The predicted molar refractivity (Wildman–Crippen MR) is 89.5 cm³/mol. The lowest BCUT2D eigenvalue weighted by atomic mass is 9.53. The summed E-state index contributed by atoms with van der Waals surface area (Å²) < 4.78 is 18.2. The first kappa shape index (κ1) is 15.9. The molecule has 1 spiro atoms. The number of fused-ring (bicyclic) bond motifs is 1. The summed E-state index contributed by atoms with van der Waals surface area (Å²) in [5.74, 6) is 1.10. The summed E-state index contributed by atoms with van der Waals surface area (Å²) in [5.41, 5.74) is 2.30. The van der Waals surface area contributed by atoms with Gasteiger partial charge in [-0.3, -0.25) is 0 Å². The number of allylic oxidation sites excluding steroid dienone is 1. The van der Waals surface area contributed by atoms with Crippen LogP contribution >= 0.6 is 0 Å². The molecule has 0 aromatic carbocycles. The van der Waals surface area contributed by atoms with Gasteiger partial charge in [-0.15, -0.1) is 0 Å². The van der Waals surface area contributed by atoms with Crippen LogP contribution in [0.1, 0.15) is 63.5 Å². The Morgan fingerprint density at radius 1 is 1.42 bits per heavy atom. The van der Waals surface area contributed by atoms with Crippen LogP contribution in [0.3, 0.4) is 0 Å². The molecule has 1 saturated heterocycles. The number of furan rings is 1. The summed E-state index contributed by atoms with van der Waals surface area (Å²) in [6.07, 6.45) is 6.51. The van der Waals surface area contributed by atoms with Gasteiger partial charge in [-0.05, 0) is 45.1 Å². The third-order valence-corrected chi connectivity index (χ3v) is 6.93. The smallest absolute Gasteiger partial charge is 0.334 e. The maximum Gasteiger partial charge on any atom is 0.334 e. The van der Waals surface area contributed by atoms with Crippen LogP contribution in [0.15, 0.2) is 22.3 Å². The SMILES string of the molecule is C/C=C(/C)C(=O)O[C@@H]1c2c(C)coc2C[C@]23O[C@H]2CC[C@H](C)[C@@]13C. The Morgan fingerprint density at radius 3 is 2.88 bits per heavy atom. The molecule has 1 aromatic rings. The molecule has 4 rings (SSSR count). The Balaban J connectivity index is 1.83. The molecule has 4 nitrogen and oxygen atoms in total. The molecule has 0 radical (unpaired) electrons. The van der Waals surface area contributed by atoms with Gasteiger partial charge in [-0.1, -0.05) is 19.9 Å². The van der Waals surface area contributed by atoms with E-state index in [0.29, 0.717) is 11.5 Å². The number of carbonyl (C=O) groups is 1. The molecule has 1 aliphatic heterocycles. The van der Waals surface area contributed by atoms with E-state index in [1.54, 1.807) is 19.3 Å². The molecule has 0 N–H and O–H groups in total. The largest absolute Gasteiger partial charge is 0.469 e. The van der Waals surface area contributed by atoms with Crippen LogP contribution in [0.25, 0.3) is 0 Å². The van der Waals surface area contributed by atoms with Gasteiger partial charge in [0.2, 0.25) is 0 Å². The Morgan fingerprint density at radius 2 is 2.17 bits per heavy atom. The van der Waals surface area contributed by atoms with E-state index in [-0.39, 0.29) is 29.2 Å². The summed E-state index contributed by atoms with van der Waals surface area (Å²) in [5, 5.41) is 0. The molecule has 1 saturated carbocycles. The van der Waals surface area contributed by atoms with Crippen molar-refractivity contribution in [3.8, 4) is 0 Å². The first-order valence-corrected chi connectivity index (χ1v) is 8.93. The lowest BCUT2D eigenvalue weighted by molar-refractivity contribution is -0.164.